The Balaban J connectivity index is 1.65. The van der Waals surface area contributed by atoms with E-state index in [0.717, 1.165) is 6.42 Å². The minimum atomic E-state index is -0.534. The van der Waals surface area contributed by atoms with Crippen LogP contribution in [0.5, 0.6) is 0 Å². The number of benzene rings is 2. The number of carbonyl (C=O) groups excluding carboxylic acids is 1. The topological polar surface area (TPSA) is 71.6 Å². The molecule has 10 heteroatoms. The summed E-state index contributed by atoms with van der Waals surface area (Å²) in [4.78, 5) is 23.2. The smallest absolute Gasteiger partial charge is 0.283 e. The molecule has 0 radical (unpaired) electrons. The van der Waals surface area contributed by atoms with Gasteiger partial charge in [-0.25, -0.2) is 9.38 Å². The molecule has 164 valence electrons. The fraction of sp³-hybridized carbons (Fsp3) is 0.182. The number of aryl methyl sites for hydroxylation is 1. The van der Waals surface area contributed by atoms with Crippen molar-refractivity contribution in [3.05, 3.63) is 81.3 Å². The molecule has 1 amide bonds. The maximum atomic E-state index is 14.5. The number of hydrogen-bond acceptors (Lipinski definition) is 6. The van der Waals surface area contributed by atoms with Gasteiger partial charge in [0, 0.05) is 6.42 Å². The highest BCUT2D eigenvalue weighted by Gasteiger charge is 2.33. The predicted octanol–water partition coefficient (Wildman–Crippen LogP) is 6.15. The van der Waals surface area contributed by atoms with Gasteiger partial charge in [-0.15, -0.1) is 0 Å². The number of anilines is 1. The molecular formula is C22H17Cl2FN4O2S. The third-order valence-electron chi connectivity index (χ3n) is 4.48. The molecule has 2 heterocycles. The van der Waals surface area contributed by atoms with Crippen LogP contribution in [0, 0.1) is 5.82 Å². The van der Waals surface area contributed by atoms with Gasteiger partial charge in [0.2, 0.25) is 5.89 Å². The zero-order valence-corrected chi connectivity index (χ0v) is 19.2. The van der Waals surface area contributed by atoms with E-state index in [4.69, 9.17) is 27.7 Å². The van der Waals surface area contributed by atoms with Crippen LogP contribution < -0.4 is 4.90 Å². The van der Waals surface area contributed by atoms with Crippen molar-refractivity contribution in [1.82, 2.24) is 10.1 Å². The van der Waals surface area contributed by atoms with E-state index in [1.807, 2.05) is 6.92 Å². The number of amidine groups is 1. The highest BCUT2D eigenvalue weighted by molar-refractivity contribution is 8.13. The first-order valence-electron chi connectivity index (χ1n) is 9.75. The molecule has 0 spiro atoms. The normalized spacial score (nSPS) is 15.0. The molecule has 0 bridgehead atoms. The average Bonchev–Trinajstić information content (AvgIpc) is 3.34. The van der Waals surface area contributed by atoms with Crippen molar-refractivity contribution in [2.45, 2.75) is 25.5 Å². The number of amides is 1. The molecule has 4 rings (SSSR count). The number of aliphatic imine (C=N–C) groups is 1. The maximum absolute atomic E-state index is 14.5. The second kappa shape index (κ2) is 9.85. The molecule has 3 aromatic rings. The molecule has 0 atom stereocenters. The SMILES string of the molecule is CCCc1noc(CSC2=N/C(=C\c3ccc(Cl)c(Cl)c3)C(=O)N2c2ccccc2F)n1. The Hall–Kier alpha value is -2.68. The van der Waals surface area contributed by atoms with Crippen molar-refractivity contribution in [1.29, 1.82) is 0 Å². The van der Waals surface area contributed by atoms with E-state index in [2.05, 4.69) is 15.1 Å². The first-order chi connectivity index (χ1) is 15.5. The molecule has 0 saturated heterocycles. The van der Waals surface area contributed by atoms with E-state index in [1.54, 1.807) is 36.4 Å². The zero-order valence-electron chi connectivity index (χ0n) is 16.9. The second-order valence-electron chi connectivity index (χ2n) is 6.83. The summed E-state index contributed by atoms with van der Waals surface area (Å²) in [5.74, 6) is 0.324. The second-order valence-corrected chi connectivity index (χ2v) is 8.59. The van der Waals surface area contributed by atoms with E-state index in [0.29, 0.717) is 38.9 Å². The third-order valence-corrected chi connectivity index (χ3v) is 6.14. The third kappa shape index (κ3) is 4.87. The van der Waals surface area contributed by atoms with Crippen LogP contribution in [-0.2, 0) is 17.0 Å². The van der Waals surface area contributed by atoms with E-state index >= 15 is 0 Å². The fourth-order valence-corrected chi connectivity index (χ4v) is 4.15. The van der Waals surface area contributed by atoms with Crippen LogP contribution in [0.1, 0.15) is 30.6 Å². The monoisotopic (exact) mass is 490 g/mol. The van der Waals surface area contributed by atoms with E-state index in [9.17, 15) is 9.18 Å². The molecule has 0 fully saturated rings. The summed E-state index contributed by atoms with van der Waals surface area (Å²) in [5.41, 5.74) is 0.900. The molecule has 0 N–H and O–H groups in total. The summed E-state index contributed by atoms with van der Waals surface area (Å²) >= 11 is 13.3. The number of halogens is 3. The van der Waals surface area contributed by atoms with Crippen molar-refractivity contribution in [3.63, 3.8) is 0 Å². The van der Waals surface area contributed by atoms with Crippen molar-refractivity contribution in [2.75, 3.05) is 4.90 Å². The standard InChI is InChI=1S/C22H17Cl2FN4O2S/c1-2-5-19-27-20(31-28-19)12-32-22-26-17(11-13-8-9-14(23)15(24)10-13)21(30)29(22)18-7-4-3-6-16(18)25/h3-4,6-11H,2,5,12H2,1H3/b17-11-. The van der Waals surface area contributed by atoms with Gasteiger partial charge in [-0.3, -0.25) is 9.69 Å². The summed E-state index contributed by atoms with van der Waals surface area (Å²) in [7, 11) is 0. The number of rotatable bonds is 6. The van der Waals surface area contributed by atoms with Crippen LogP contribution in [0.15, 0.2) is 57.7 Å². The number of carbonyl (C=O) groups is 1. The van der Waals surface area contributed by atoms with Gasteiger partial charge in [0.1, 0.15) is 11.5 Å². The van der Waals surface area contributed by atoms with Gasteiger partial charge in [-0.1, -0.05) is 65.2 Å². The molecule has 2 aromatic carbocycles. The largest absolute Gasteiger partial charge is 0.338 e. The van der Waals surface area contributed by atoms with Gasteiger partial charge in [-0.05, 0) is 42.3 Å². The molecule has 6 nitrogen and oxygen atoms in total. The van der Waals surface area contributed by atoms with Crippen molar-refractivity contribution in [3.8, 4) is 0 Å². The Labute approximate surface area is 198 Å². The maximum Gasteiger partial charge on any atom is 0.283 e. The van der Waals surface area contributed by atoms with E-state index < -0.39 is 11.7 Å². The number of thioether (sulfide) groups is 1. The predicted molar refractivity (Wildman–Crippen MR) is 125 cm³/mol. The Morgan fingerprint density at radius 1 is 1.19 bits per heavy atom. The van der Waals surface area contributed by atoms with Gasteiger partial charge in [0.25, 0.3) is 5.91 Å². The minimum absolute atomic E-state index is 0.110. The molecule has 1 aliphatic rings. The Morgan fingerprint density at radius 2 is 2.00 bits per heavy atom. The van der Waals surface area contributed by atoms with Crippen LogP contribution >= 0.6 is 35.0 Å². The Kier molecular flexibility index (Phi) is 6.93. The lowest BCUT2D eigenvalue weighted by Gasteiger charge is -2.17. The van der Waals surface area contributed by atoms with Gasteiger partial charge in [0.15, 0.2) is 11.0 Å². The van der Waals surface area contributed by atoms with Crippen molar-refractivity contribution >= 4 is 57.8 Å². The molecule has 0 unspecified atom stereocenters. The first-order valence-corrected chi connectivity index (χ1v) is 11.5. The van der Waals surface area contributed by atoms with Crippen LogP contribution in [0.25, 0.3) is 6.08 Å². The quantitative estimate of drug-likeness (QED) is 0.387. The van der Waals surface area contributed by atoms with Gasteiger partial charge in [0.05, 0.1) is 21.5 Å². The van der Waals surface area contributed by atoms with Gasteiger partial charge < -0.3 is 4.52 Å². The number of para-hydroxylation sites is 1. The van der Waals surface area contributed by atoms with E-state index in [-0.39, 0.29) is 17.1 Å². The fourth-order valence-electron chi connectivity index (χ4n) is 3.00. The number of hydrogen-bond donors (Lipinski definition) is 0. The van der Waals surface area contributed by atoms with Gasteiger partial charge in [-0.2, -0.15) is 4.98 Å². The lowest BCUT2D eigenvalue weighted by Crippen LogP contribution is -2.31. The summed E-state index contributed by atoms with van der Waals surface area (Å²) < 4.78 is 19.8. The highest BCUT2D eigenvalue weighted by atomic mass is 35.5. The lowest BCUT2D eigenvalue weighted by molar-refractivity contribution is -0.113. The number of nitrogens with zero attached hydrogens (tertiary/aromatic N) is 4. The Bertz CT molecular complexity index is 1230. The first kappa shape index (κ1) is 22.5. The lowest BCUT2D eigenvalue weighted by atomic mass is 10.2. The van der Waals surface area contributed by atoms with E-state index in [1.165, 1.54) is 28.8 Å². The van der Waals surface area contributed by atoms with Gasteiger partial charge >= 0.3 is 0 Å². The molecule has 1 aromatic heterocycles. The minimum Gasteiger partial charge on any atom is -0.338 e. The van der Waals surface area contributed by atoms with Crippen LogP contribution in [0.4, 0.5) is 10.1 Å². The summed E-state index contributed by atoms with van der Waals surface area (Å²) in [6.07, 6.45) is 3.20. The molecule has 0 saturated carbocycles. The van der Waals surface area contributed by atoms with Crippen LogP contribution in [0.3, 0.4) is 0 Å². The van der Waals surface area contributed by atoms with Crippen molar-refractivity contribution < 1.29 is 13.7 Å². The molecular weight excluding hydrogens is 474 g/mol. The zero-order chi connectivity index (χ0) is 22.7. The molecule has 0 aliphatic carbocycles. The molecule has 1 aliphatic heterocycles. The van der Waals surface area contributed by atoms with Crippen LogP contribution in [-0.4, -0.2) is 21.2 Å². The Morgan fingerprint density at radius 3 is 2.75 bits per heavy atom. The average molecular weight is 491 g/mol. The summed E-state index contributed by atoms with van der Waals surface area (Å²) in [6, 6.07) is 11.0. The number of aromatic nitrogens is 2. The van der Waals surface area contributed by atoms with Crippen molar-refractivity contribution in [2.24, 2.45) is 4.99 Å². The summed E-state index contributed by atoms with van der Waals surface area (Å²) in [6.45, 7) is 2.03. The summed E-state index contributed by atoms with van der Waals surface area (Å²) in [5, 5.41) is 5.00. The highest BCUT2D eigenvalue weighted by Crippen LogP contribution is 2.32. The molecule has 32 heavy (non-hydrogen) atoms. The van der Waals surface area contributed by atoms with Crippen LogP contribution in [0.2, 0.25) is 10.0 Å².